The summed E-state index contributed by atoms with van der Waals surface area (Å²) in [7, 11) is 1.38. The van der Waals surface area contributed by atoms with Crippen molar-refractivity contribution in [3.05, 3.63) is 0 Å². The lowest BCUT2D eigenvalue weighted by Crippen LogP contribution is -2.49. The Hall–Kier alpha value is -1.30. The first-order chi connectivity index (χ1) is 6.72. The molecule has 2 N–H and O–H groups in total. The second kappa shape index (κ2) is 4.48. The van der Waals surface area contributed by atoms with E-state index in [0.29, 0.717) is 13.0 Å². The van der Waals surface area contributed by atoms with Crippen LogP contribution in [0.5, 0.6) is 0 Å². The number of fused-ring (bicyclic) bond motifs is 2. The second-order valence-corrected chi connectivity index (χ2v) is 3.56. The van der Waals surface area contributed by atoms with E-state index in [1.165, 1.54) is 7.11 Å². The van der Waals surface area contributed by atoms with E-state index in [0.717, 1.165) is 6.42 Å². The Kier molecular flexibility index (Phi) is 3.52. The number of hydroxylamine groups is 1. The zero-order valence-electron chi connectivity index (χ0n) is 7.95. The highest BCUT2D eigenvalue weighted by atomic mass is 16.6. The van der Waals surface area contributed by atoms with E-state index in [9.17, 15) is 9.59 Å². The van der Waals surface area contributed by atoms with Crippen molar-refractivity contribution in [2.24, 2.45) is 0 Å². The summed E-state index contributed by atoms with van der Waals surface area (Å²) in [6.45, 7) is 0.626. The van der Waals surface area contributed by atoms with Crippen molar-refractivity contribution in [2.75, 3.05) is 13.7 Å². The summed E-state index contributed by atoms with van der Waals surface area (Å²) in [5, 5.41) is 2.81. The van der Waals surface area contributed by atoms with Crippen LogP contribution in [0.4, 0.5) is 4.79 Å². The molecule has 86 valence electrons. The van der Waals surface area contributed by atoms with E-state index in [-0.39, 0.29) is 31.4 Å². The lowest BCUT2D eigenvalue weighted by molar-refractivity contribution is -0.136. The van der Waals surface area contributed by atoms with E-state index >= 15 is 0 Å². The number of nitrogens with zero attached hydrogens (tertiary/aromatic N) is 1. The van der Waals surface area contributed by atoms with Crippen LogP contribution in [-0.2, 0) is 9.63 Å². The molecular formula is C9H17N3O3. The molecular weight excluding hydrogens is 198 g/mol. The Bertz CT molecular complexity index is 269. The van der Waals surface area contributed by atoms with Gasteiger partial charge in [-0.25, -0.2) is 10.3 Å². The first-order valence-corrected chi connectivity index (χ1v) is 4.62. The van der Waals surface area contributed by atoms with Gasteiger partial charge in [-0.3, -0.25) is 9.63 Å². The molecule has 0 aromatic carbocycles. The molecule has 2 bridgehead atoms. The van der Waals surface area contributed by atoms with Gasteiger partial charge in [0.05, 0.1) is 7.11 Å². The molecule has 2 atom stereocenters. The minimum Gasteiger partial charge on any atom is -0.333 e. The van der Waals surface area contributed by atoms with Crippen molar-refractivity contribution in [3.8, 4) is 0 Å². The number of nitrogens with one attached hydrogen (secondary N) is 2. The molecule has 3 amide bonds. The molecule has 2 rings (SSSR count). The van der Waals surface area contributed by atoms with Gasteiger partial charge < -0.3 is 10.2 Å². The SMILES string of the molecule is C.CONC(=O)[C@@H]1CCC2CN1C(=O)N2. The molecule has 2 aliphatic rings. The fourth-order valence-corrected chi connectivity index (χ4v) is 2.01. The van der Waals surface area contributed by atoms with Gasteiger partial charge in [-0.05, 0) is 12.8 Å². The molecule has 2 fully saturated rings. The molecule has 1 unspecified atom stereocenters. The van der Waals surface area contributed by atoms with Crippen molar-refractivity contribution < 1.29 is 14.4 Å². The van der Waals surface area contributed by atoms with Gasteiger partial charge in [0.2, 0.25) is 0 Å². The molecule has 0 aromatic heterocycles. The summed E-state index contributed by atoms with van der Waals surface area (Å²) in [5.41, 5.74) is 2.26. The zero-order chi connectivity index (χ0) is 10.1. The van der Waals surface area contributed by atoms with Crippen LogP contribution >= 0.6 is 0 Å². The van der Waals surface area contributed by atoms with E-state index in [4.69, 9.17) is 0 Å². The van der Waals surface area contributed by atoms with Crippen LogP contribution in [-0.4, -0.2) is 42.6 Å². The Labute approximate surface area is 88.9 Å². The normalized spacial score (nSPS) is 28.1. The third-order valence-electron chi connectivity index (χ3n) is 2.68. The molecule has 6 nitrogen and oxygen atoms in total. The molecule has 0 spiro atoms. The molecule has 6 heteroatoms. The third kappa shape index (κ3) is 2.04. The molecule has 2 saturated heterocycles. The van der Waals surface area contributed by atoms with Crippen molar-refractivity contribution in [1.82, 2.24) is 15.7 Å². The van der Waals surface area contributed by atoms with Crippen molar-refractivity contribution >= 4 is 11.9 Å². The summed E-state index contributed by atoms with van der Waals surface area (Å²) in [4.78, 5) is 28.9. The second-order valence-electron chi connectivity index (χ2n) is 3.56. The number of carbonyl (C=O) groups is 2. The minimum atomic E-state index is -0.381. The van der Waals surface area contributed by atoms with Gasteiger partial charge in [-0.2, -0.15) is 0 Å². The monoisotopic (exact) mass is 215 g/mol. The first kappa shape index (κ1) is 11.8. The molecule has 0 aromatic rings. The van der Waals surface area contributed by atoms with Gasteiger partial charge in [0, 0.05) is 12.6 Å². The summed E-state index contributed by atoms with van der Waals surface area (Å²) in [5.74, 6) is -0.247. The molecule has 0 saturated carbocycles. The Balaban J connectivity index is 0.00000112. The number of amides is 3. The number of hydrogen-bond acceptors (Lipinski definition) is 3. The Morgan fingerprint density at radius 2 is 2.33 bits per heavy atom. The van der Waals surface area contributed by atoms with Crippen LogP contribution in [0, 0.1) is 0 Å². The molecule has 15 heavy (non-hydrogen) atoms. The van der Waals surface area contributed by atoms with Crippen LogP contribution in [0.15, 0.2) is 0 Å². The smallest absolute Gasteiger partial charge is 0.318 e. The number of carbonyl (C=O) groups excluding carboxylic acids is 2. The average molecular weight is 215 g/mol. The Morgan fingerprint density at radius 1 is 1.60 bits per heavy atom. The maximum Gasteiger partial charge on any atom is 0.318 e. The third-order valence-corrected chi connectivity index (χ3v) is 2.68. The number of rotatable bonds is 2. The molecule has 2 aliphatic heterocycles. The minimum absolute atomic E-state index is 0. The summed E-state index contributed by atoms with van der Waals surface area (Å²) in [6.07, 6.45) is 1.54. The number of urea groups is 1. The highest BCUT2D eigenvalue weighted by Crippen LogP contribution is 2.22. The standard InChI is InChI=1S/C8H13N3O3.CH4/c1-14-10-7(12)6-3-2-5-4-11(6)8(13)9-5;/h5-6H,2-4H2,1H3,(H,9,13)(H,10,12);1H4/t5?,6-;/m0./s1. The largest absolute Gasteiger partial charge is 0.333 e. The summed E-state index contributed by atoms with van der Waals surface area (Å²) in [6, 6.07) is -0.313. The van der Waals surface area contributed by atoms with Crippen molar-refractivity contribution in [2.45, 2.75) is 32.4 Å². The van der Waals surface area contributed by atoms with Gasteiger partial charge >= 0.3 is 6.03 Å². The van der Waals surface area contributed by atoms with Crippen LogP contribution in [0.3, 0.4) is 0 Å². The number of piperidine rings is 1. The maximum absolute atomic E-state index is 11.5. The molecule has 0 radical (unpaired) electrons. The van der Waals surface area contributed by atoms with Gasteiger partial charge in [0.25, 0.3) is 5.91 Å². The van der Waals surface area contributed by atoms with Crippen molar-refractivity contribution in [1.29, 1.82) is 0 Å². The van der Waals surface area contributed by atoms with Gasteiger partial charge in [-0.1, -0.05) is 7.43 Å². The van der Waals surface area contributed by atoms with Crippen LogP contribution in [0.25, 0.3) is 0 Å². The fourth-order valence-electron chi connectivity index (χ4n) is 2.01. The average Bonchev–Trinajstić information content (AvgIpc) is 2.43. The first-order valence-electron chi connectivity index (χ1n) is 4.62. The summed E-state index contributed by atoms with van der Waals surface area (Å²) < 4.78 is 0. The highest BCUT2D eigenvalue weighted by Gasteiger charge is 2.41. The van der Waals surface area contributed by atoms with Gasteiger partial charge in [0.1, 0.15) is 6.04 Å². The van der Waals surface area contributed by atoms with E-state index in [1.807, 2.05) is 0 Å². The van der Waals surface area contributed by atoms with Crippen LogP contribution in [0.2, 0.25) is 0 Å². The van der Waals surface area contributed by atoms with Crippen molar-refractivity contribution in [3.63, 3.8) is 0 Å². The lowest BCUT2D eigenvalue weighted by atomic mass is 10.0. The predicted octanol–water partition coefficient (Wildman–Crippen LogP) is -0.144. The highest BCUT2D eigenvalue weighted by molar-refractivity contribution is 5.88. The van der Waals surface area contributed by atoms with Gasteiger partial charge in [0.15, 0.2) is 0 Å². The topological polar surface area (TPSA) is 70.7 Å². The molecule has 2 heterocycles. The van der Waals surface area contributed by atoms with Crippen LogP contribution < -0.4 is 10.8 Å². The Morgan fingerprint density at radius 3 is 3.00 bits per heavy atom. The zero-order valence-corrected chi connectivity index (χ0v) is 7.95. The maximum atomic E-state index is 11.5. The van der Waals surface area contributed by atoms with E-state index in [1.54, 1.807) is 4.90 Å². The van der Waals surface area contributed by atoms with E-state index in [2.05, 4.69) is 15.6 Å². The van der Waals surface area contributed by atoms with Gasteiger partial charge in [-0.15, -0.1) is 0 Å². The van der Waals surface area contributed by atoms with Crippen LogP contribution in [0.1, 0.15) is 20.3 Å². The molecule has 0 aliphatic carbocycles. The fraction of sp³-hybridized carbons (Fsp3) is 0.778. The summed E-state index contributed by atoms with van der Waals surface area (Å²) >= 11 is 0. The van der Waals surface area contributed by atoms with E-state index < -0.39 is 0 Å². The quantitative estimate of drug-likeness (QED) is 0.630. The predicted molar refractivity (Wildman–Crippen MR) is 53.9 cm³/mol. The lowest BCUT2D eigenvalue weighted by Gasteiger charge is -2.28. The number of hydrogen-bond donors (Lipinski definition) is 2.